The van der Waals surface area contributed by atoms with Crippen LogP contribution in [0.5, 0.6) is 0 Å². The van der Waals surface area contributed by atoms with Crippen LogP contribution >= 0.6 is 0 Å². The molecule has 2 nitrogen and oxygen atoms in total. The van der Waals surface area contributed by atoms with Crippen molar-refractivity contribution < 1.29 is 9.47 Å². The van der Waals surface area contributed by atoms with Gasteiger partial charge in [0, 0.05) is 19.1 Å². The van der Waals surface area contributed by atoms with Crippen molar-refractivity contribution in [2.45, 2.75) is 91.3 Å². The van der Waals surface area contributed by atoms with Gasteiger partial charge >= 0.3 is 0 Å². The van der Waals surface area contributed by atoms with Gasteiger partial charge in [0.15, 0.2) is 5.79 Å². The van der Waals surface area contributed by atoms with Crippen molar-refractivity contribution in [3.63, 3.8) is 0 Å². The van der Waals surface area contributed by atoms with Crippen LogP contribution in [0.3, 0.4) is 0 Å². The van der Waals surface area contributed by atoms with Crippen molar-refractivity contribution in [3.05, 3.63) is 12.7 Å². The Balaban J connectivity index is 4.27. The molecule has 2 heteroatoms. The molecule has 21 heavy (non-hydrogen) atoms. The monoisotopic (exact) mass is 298 g/mol. The summed E-state index contributed by atoms with van der Waals surface area (Å²) >= 11 is 0. The zero-order chi connectivity index (χ0) is 16.0. The van der Waals surface area contributed by atoms with Crippen LogP contribution in [0.4, 0.5) is 0 Å². The lowest BCUT2D eigenvalue weighted by atomic mass is 9.92. The van der Waals surface area contributed by atoms with Gasteiger partial charge in [-0.05, 0) is 26.2 Å². The van der Waals surface area contributed by atoms with Crippen molar-refractivity contribution in [1.29, 1.82) is 0 Å². The molecule has 0 aromatic carbocycles. The number of hydrogen-bond donors (Lipinski definition) is 0. The van der Waals surface area contributed by atoms with E-state index in [1.807, 2.05) is 6.08 Å². The minimum Gasteiger partial charge on any atom is -0.350 e. The summed E-state index contributed by atoms with van der Waals surface area (Å²) < 4.78 is 12.1. The Labute approximate surface area is 133 Å². The third-order valence-electron chi connectivity index (χ3n) is 4.01. The zero-order valence-electron chi connectivity index (χ0n) is 15.0. The predicted molar refractivity (Wildman–Crippen MR) is 92.6 cm³/mol. The third kappa shape index (κ3) is 9.31. The topological polar surface area (TPSA) is 18.5 Å². The summed E-state index contributed by atoms with van der Waals surface area (Å²) in [5, 5.41) is 0. The minimum atomic E-state index is -0.503. The lowest BCUT2D eigenvalue weighted by Gasteiger charge is -2.36. The molecule has 0 radical (unpaired) electrons. The number of unbranched alkanes of at least 4 members (excludes halogenated alkanes) is 5. The molecule has 0 aromatic heterocycles. The van der Waals surface area contributed by atoms with Crippen molar-refractivity contribution in [2.24, 2.45) is 5.92 Å². The molecule has 0 aliphatic rings. The lowest BCUT2D eigenvalue weighted by Crippen LogP contribution is -2.40. The average Bonchev–Trinajstić information content (AvgIpc) is 2.50. The summed E-state index contributed by atoms with van der Waals surface area (Å²) in [6, 6.07) is 0. The second kappa shape index (κ2) is 13.3. The molecule has 0 heterocycles. The van der Waals surface area contributed by atoms with Crippen molar-refractivity contribution in [3.8, 4) is 0 Å². The molecular weight excluding hydrogens is 260 g/mol. The first-order valence-electron chi connectivity index (χ1n) is 9.05. The van der Waals surface area contributed by atoms with Crippen LogP contribution in [0.15, 0.2) is 12.7 Å². The molecule has 0 amide bonds. The molecule has 0 bridgehead atoms. The summed E-state index contributed by atoms with van der Waals surface area (Å²) in [5.41, 5.74) is 0. The molecule has 0 rings (SSSR count). The van der Waals surface area contributed by atoms with Crippen LogP contribution in [0.2, 0.25) is 0 Å². The zero-order valence-corrected chi connectivity index (χ0v) is 15.0. The Morgan fingerprint density at radius 2 is 1.38 bits per heavy atom. The summed E-state index contributed by atoms with van der Waals surface area (Å²) in [4.78, 5) is 0. The van der Waals surface area contributed by atoms with Crippen LogP contribution < -0.4 is 0 Å². The first-order chi connectivity index (χ1) is 10.1. The number of ether oxygens (including phenoxy) is 2. The van der Waals surface area contributed by atoms with Gasteiger partial charge in [-0.3, -0.25) is 0 Å². The van der Waals surface area contributed by atoms with E-state index in [1.54, 1.807) is 0 Å². The van der Waals surface area contributed by atoms with Crippen LogP contribution in [0.1, 0.15) is 85.5 Å². The van der Waals surface area contributed by atoms with Crippen LogP contribution in [-0.2, 0) is 9.47 Å². The normalized spacial score (nSPS) is 13.3. The molecule has 0 saturated carbocycles. The summed E-state index contributed by atoms with van der Waals surface area (Å²) in [7, 11) is 0. The molecule has 0 spiro atoms. The van der Waals surface area contributed by atoms with E-state index in [1.165, 1.54) is 38.5 Å². The second-order valence-corrected chi connectivity index (χ2v) is 6.11. The van der Waals surface area contributed by atoms with Gasteiger partial charge in [0.25, 0.3) is 0 Å². The quantitative estimate of drug-likeness (QED) is 0.206. The smallest absolute Gasteiger partial charge is 0.171 e. The van der Waals surface area contributed by atoms with Crippen molar-refractivity contribution in [2.75, 3.05) is 13.2 Å². The molecule has 1 atom stereocenters. The highest BCUT2D eigenvalue weighted by atomic mass is 16.7. The van der Waals surface area contributed by atoms with Gasteiger partial charge in [0.05, 0.1) is 0 Å². The first kappa shape index (κ1) is 20.7. The maximum atomic E-state index is 6.04. The van der Waals surface area contributed by atoms with Gasteiger partial charge in [-0.2, -0.15) is 0 Å². The molecule has 1 unspecified atom stereocenters. The van der Waals surface area contributed by atoms with Crippen molar-refractivity contribution in [1.82, 2.24) is 0 Å². The van der Waals surface area contributed by atoms with Crippen LogP contribution in [0.25, 0.3) is 0 Å². The molecule has 0 fully saturated rings. The van der Waals surface area contributed by atoms with Gasteiger partial charge in [0.2, 0.25) is 0 Å². The van der Waals surface area contributed by atoms with Gasteiger partial charge in [0.1, 0.15) is 0 Å². The van der Waals surface area contributed by atoms with Gasteiger partial charge in [-0.1, -0.05) is 65.4 Å². The standard InChI is InChI=1S/C19H38O2/c1-6-10-11-12-13-14-15-18(9-4)19(5,20-16-7-2)21-17-8-3/h9,18H,4,6-8,10-17H2,1-3,5H3. The highest BCUT2D eigenvalue weighted by Crippen LogP contribution is 2.30. The highest BCUT2D eigenvalue weighted by molar-refractivity contribution is 4.89. The number of rotatable bonds is 15. The maximum absolute atomic E-state index is 6.04. The largest absolute Gasteiger partial charge is 0.350 e. The Morgan fingerprint density at radius 3 is 1.86 bits per heavy atom. The fourth-order valence-corrected chi connectivity index (χ4v) is 2.60. The van der Waals surface area contributed by atoms with Gasteiger partial charge in [-0.25, -0.2) is 0 Å². The fraction of sp³-hybridized carbons (Fsp3) is 0.895. The van der Waals surface area contributed by atoms with Crippen LogP contribution in [0, 0.1) is 5.92 Å². The lowest BCUT2D eigenvalue weighted by molar-refractivity contribution is -0.248. The van der Waals surface area contributed by atoms with E-state index < -0.39 is 5.79 Å². The highest BCUT2D eigenvalue weighted by Gasteiger charge is 2.33. The van der Waals surface area contributed by atoms with Crippen LogP contribution in [-0.4, -0.2) is 19.0 Å². The maximum Gasteiger partial charge on any atom is 0.171 e. The molecule has 0 aliphatic heterocycles. The van der Waals surface area contributed by atoms with E-state index in [0.717, 1.165) is 32.5 Å². The summed E-state index contributed by atoms with van der Waals surface area (Å²) in [6.07, 6.45) is 13.1. The summed E-state index contributed by atoms with van der Waals surface area (Å²) in [5.74, 6) is -0.223. The molecular formula is C19H38O2. The predicted octanol–water partition coefficient (Wildman–Crippen LogP) is 6.11. The summed E-state index contributed by atoms with van der Waals surface area (Å²) in [6.45, 7) is 14.1. The Bertz CT molecular complexity index is 230. The third-order valence-corrected chi connectivity index (χ3v) is 4.01. The van der Waals surface area contributed by atoms with Gasteiger partial charge in [-0.15, -0.1) is 6.58 Å². The number of hydrogen-bond acceptors (Lipinski definition) is 2. The fourth-order valence-electron chi connectivity index (χ4n) is 2.60. The van der Waals surface area contributed by atoms with Gasteiger partial charge < -0.3 is 9.47 Å². The van der Waals surface area contributed by atoms with E-state index in [4.69, 9.17) is 9.47 Å². The van der Waals surface area contributed by atoms with E-state index in [0.29, 0.717) is 0 Å². The Morgan fingerprint density at radius 1 is 0.857 bits per heavy atom. The van der Waals surface area contributed by atoms with Crippen molar-refractivity contribution >= 4 is 0 Å². The first-order valence-corrected chi connectivity index (χ1v) is 9.05. The van der Waals surface area contributed by atoms with E-state index in [9.17, 15) is 0 Å². The SMILES string of the molecule is C=CC(CCCCCCCC)C(C)(OCCC)OCCC. The molecule has 0 N–H and O–H groups in total. The molecule has 0 aromatic rings. The van der Waals surface area contributed by atoms with E-state index in [2.05, 4.69) is 34.3 Å². The second-order valence-electron chi connectivity index (χ2n) is 6.11. The molecule has 0 aliphatic carbocycles. The Hall–Kier alpha value is -0.340. The molecule has 0 saturated heterocycles. The van der Waals surface area contributed by atoms with E-state index in [-0.39, 0.29) is 5.92 Å². The molecule has 126 valence electrons. The van der Waals surface area contributed by atoms with E-state index >= 15 is 0 Å². The minimum absolute atomic E-state index is 0.279. The Kier molecular flexibility index (Phi) is 13.1. The average molecular weight is 299 g/mol.